The van der Waals surface area contributed by atoms with Crippen LogP contribution in [0.25, 0.3) is 0 Å². The Morgan fingerprint density at radius 3 is 3.12 bits per heavy atom. The normalized spacial score (nSPS) is 20.2. The molecule has 4 rings (SSSR count). The van der Waals surface area contributed by atoms with Gasteiger partial charge in [-0.25, -0.2) is 0 Å². The lowest BCUT2D eigenvalue weighted by atomic mass is 9.98. The van der Waals surface area contributed by atoms with Gasteiger partial charge in [-0.2, -0.15) is 10.2 Å². The van der Waals surface area contributed by atoms with Gasteiger partial charge in [0.2, 0.25) is 5.91 Å². The average molecular weight is 356 g/mol. The van der Waals surface area contributed by atoms with E-state index in [0.29, 0.717) is 12.5 Å². The van der Waals surface area contributed by atoms with Crippen LogP contribution < -0.4 is 5.32 Å². The van der Waals surface area contributed by atoms with Gasteiger partial charge < -0.3 is 10.2 Å². The highest BCUT2D eigenvalue weighted by atomic mass is 16.2. The summed E-state index contributed by atoms with van der Waals surface area (Å²) in [6, 6.07) is 4.44. The van der Waals surface area contributed by atoms with E-state index in [4.69, 9.17) is 0 Å². The lowest BCUT2D eigenvalue weighted by Crippen LogP contribution is -2.44. The minimum atomic E-state index is 0.277. The fourth-order valence-corrected chi connectivity index (χ4v) is 4.10. The summed E-state index contributed by atoms with van der Waals surface area (Å²) in [5, 5.41) is 12.3. The van der Waals surface area contributed by atoms with Crippen LogP contribution in [0.4, 0.5) is 0 Å². The summed E-state index contributed by atoms with van der Waals surface area (Å²) < 4.78 is 4.03. The molecule has 1 N–H and O–H groups in total. The summed E-state index contributed by atoms with van der Waals surface area (Å²) in [5.41, 5.74) is 2.27. The molecule has 7 nitrogen and oxygen atoms in total. The number of carbonyl (C=O) groups excluding carboxylic acids is 1. The molecule has 2 aromatic rings. The lowest BCUT2D eigenvalue weighted by Gasteiger charge is -2.36. The second kappa shape index (κ2) is 8.03. The van der Waals surface area contributed by atoms with E-state index in [9.17, 15) is 4.79 Å². The molecule has 0 aliphatic carbocycles. The van der Waals surface area contributed by atoms with Crippen molar-refractivity contribution in [3.63, 3.8) is 0 Å². The summed E-state index contributed by atoms with van der Waals surface area (Å²) in [4.78, 5) is 15.0. The van der Waals surface area contributed by atoms with Gasteiger partial charge in [0.1, 0.15) is 0 Å². The Kier molecular flexibility index (Phi) is 5.34. The van der Waals surface area contributed by atoms with Gasteiger partial charge in [-0.1, -0.05) is 0 Å². The number of hydrogen-bond acceptors (Lipinski definition) is 4. The first-order valence-corrected chi connectivity index (χ1v) is 9.83. The number of nitrogens with zero attached hydrogens (tertiary/aromatic N) is 5. The molecule has 0 radical (unpaired) electrons. The zero-order valence-electron chi connectivity index (χ0n) is 15.3. The molecule has 2 aliphatic rings. The van der Waals surface area contributed by atoms with Crippen LogP contribution in [-0.4, -0.2) is 49.5 Å². The second-order valence-corrected chi connectivity index (χ2v) is 7.32. The van der Waals surface area contributed by atoms with Crippen LogP contribution in [0.2, 0.25) is 0 Å². The molecule has 0 bridgehead atoms. The van der Waals surface area contributed by atoms with Gasteiger partial charge in [-0.3, -0.25) is 14.2 Å². The molecular formula is C19H28N6O. The third kappa shape index (κ3) is 3.98. The van der Waals surface area contributed by atoms with E-state index >= 15 is 0 Å². The Morgan fingerprint density at radius 2 is 2.27 bits per heavy atom. The van der Waals surface area contributed by atoms with Gasteiger partial charge in [-0.05, 0) is 37.8 Å². The molecule has 140 valence electrons. The Morgan fingerprint density at radius 1 is 1.31 bits per heavy atom. The van der Waals surface area contributed by atoms with Crippen molar-refractivity contribution in [2.45, 2.75) is 64.2 Å². The van der Waals surface area contributed by atoms with Crippen molar-refractivity contribution in [2.75, 3.05) is 13.1 Å². The van der Waals surface area contributed by atoms with E-state index < -0.39 is 0 Å². The van der Waals surface area contributed by atoms with Crippen LogP contribution in [-0.2, 0) is 30.8 Å². The third-order valence-electron chi connectivity index (χ3n) is 5.51. The largest absolute Gasteiger partial charge is 0.340 e. The zero-order valence-corrected chi connectivity index (χ0v) is 15.3. The molecule has 2 aliphatic heterocycles. The molecule has 4 heterocycles. The van der Waals surface area contributed by atoms with E-state index in [0.717, 1.165) is 64.1 Å². The summed E-state index contributed by atoms with van der Waals surface area (Å²) in [7, 11) is 0. The van der Waals surface area contributed by atoms with E-state index in [1.807, 2.05) is 23.1 Å². The summed E-state index contributed by atoms with van der Waals surface area (Å²) >= 11 is 0. The maximum Gasteiger partial charge on any atom is 0.223 e. The van der Waals surface area contributed by atoms with Crippen molar-refractivity contribution in [1.29, 1.82) is 0 Å². The van der Waals surface area contributed by atoms with Crippen LogP contribution in [0, 0.1) is 0 Å². The van der Waals surface area contributed by atoms with Gasteiger partial charge >= 0.3 is 0 Å². The molecule has 0 aromatic carbocycles. The summed E-state index contributed by atoms with van der Waals surface area (Å²) in [6.45, 7) is 4.54. The molecule has 7 heteroatoms. The standard InChI is InChI=1S/C19H28N6O/c26-19(6-5-16-14-18-15-20-9-13-25(18)22-16)24-11-2-1-4-17(24)7-12-23-10-3-8-21-23/h3,8,10,14,17,20H,1-2,4-7,9,11-13,15H2/t17-/m1/s1. The van der Waals surface area contributed by atoms with Crippen molar-refractivity contribution >= 4 is 5.91 Å². The van der Waals surface area contributed by atoms with Gasteiger partial charge in [0, 0.05) is 57.5 Å². The monoisotopic (exact) mass is 356 g/mol. The van der Waals surface area contributed by atoms with E-state index in [1.54, 1.807) is 0 Å². The molecule has 0 spiro atoms. The number of aryl methyl sites for hydroxylation is 2. The third-order valence-corrected chi connectivity index (χ3v) is 5.51. The Hall–Kier alpha value is -2.15. The number of aromatic nitrogens is 4. The number of rotatable bonds is 6. The SMILES string of the molecule is O=C(CCc1cc2n(n1)CCNC2)N1CCCC[C@@H]1CCn1cccn1. The highest BCUT2D eigenvalue weighted by Gasteiger charge is 2.26. The Labute approximate surface area is 154 Å². The number of nitrogens with one attached hydrogen (secondary N) is 1. The van der Waals surface area contributed by atoms with Crippen molar-refractivity contribution < 1.29 is 4.79 Å². The van der Waals surface area contributed by atoms with Crippen LogP contribution in [0.1, 0.15) is 43.5 Å². The van der Waals surface area contributed by atoms with E-state index in [-0.39, 0.29) is 5.91 Å². The molecule has 26 heavy (non-hydrogen) atoms. The Balaban J connectivity index is 1.32. The number of amides is 1. The quantitative estimate of drug-likeness (QED) is 0.853. The van der Waals surface area contributed by atoms with Gasteiger partial charge in [0.15, 0.2) is 0 Å². The highest BCUT2D eigenvalue weighted by molar-refractivity contribution is 5.76. The number of piperidine rings is 1. The maximum atomic E-state index is 12.8. The topological polar surface area (TPSA) is 68.0 Å². The van der Waals surface area contributed by atoms with Crippen molar-refractivity contribution in [3.05, 3.63) is 35.9 Å². The Bertz CT molecular complexity index is 699. The number of fused-ring (bicyclic) bond motifs is 1. The fraction of sp³-hybridized carbons (Fsp3) is 0.632. The highest BCUT2D eigenvalue weighted by Crippen LogP contribution is 2.22. The molecule has 0 unspecified atom stereocenters. The van der Waals surface area contributed by atoms with Crippen LogP contribution in [0.5, 0.6) is 0 Å². The maximum absolute atomic E-state index is 12.8. The van der Waals surface area contributed by atoms with Crippen molar-refractivity contribution in [2.24, 2.45) is 0 Å². The molecule has 1 saturated heterocycles. The average Bonchev–Trinajstić information content (AvgIpc) is 3.33. The first-order chi connectivity index (χ1) is 12.8. The smallest absolute Gasteiger partial charge is 0.223 e. The molecule has 1 atom stereocenters. The van der Waals surface area contributed by atoms with E-state index in [2.05, 4.69) is 31.2 Å². The van der Waals surface area contributed by atoms with Crippen molar-refractivity contribution in [3.8, 4) is 0 Å². The first kappa shape index (κ1) is 17.3. The molecule has 0 saturated carbocycles. The molecule has 1 fully saturated rings. The van der Waals surface area contributed by atoms with Crippen molar-refractivity contribution in [1.82, 2.24) is 29.8 Å². The summed E-state index contributed by atoms with van der Waals surface area (Å²) in [5.74, 6) is 0.277. The minimum absolute atomic E-state index is 0.277. The van der Waals surface area contributed by atoms with E-state index in [1.165, 1.54) is 12.1 Å². The molecule has 1 amide bonds. The predicted octanol–water partition coefficient (Wildman–Crippen LogP) is 1.59. The molecule has 2 aromatic heterocycles. The minimum Gasteiger partial charge on any atom is -0.340 e. The predicted molar refractivity (Wildman–Crippen MR) is 98.5 cm³/mol. The first-order valence-electron chi connectivity index (χ1n) is 9.83. The van der Waals surface area contributed by atoms with Gasteiger partial charge in [0.05, 0.1) is 17.9 Å². The van der Waals surface area contributed by atoms with Crippen LogP contribution in [0.3, 0.4) is 0 Å². The zero-order chi connectivity index (χ0) is 17.8. The van der Waals surface area contributed by atoms with Gasteiger partial charge in [0.25, 0.3) is 0 Å². The fourth-order valence-electron chi connectivity index (χ4n) is 4.10. The second-order valence-electron chi connectivity index (χ2n) is 7.32. The number of hydrogen-bond donors (Lipinski definition) is 1. The number of carbonyl (C=O) groups is 1. The number of likely N-dealkylation sites (tertiary alicyclic amines) is 1. The summed E-state index contributed by atoms with van der Waals surface area (Å²) in [6.07, 6.45) is 9.52. The van der Waals surface area contributed by atoms with Crippen LogP contribution >= 0.6 is 0 Å². The lowest BCUT2D eigenvalue weighted by molar-refractivity contribution is -0.135. The molecular weight excluding hydrogens is 328 g/mol. The van der Waals surface area contributed by atoms with Gasteiger partial charge in [-0.15, -0.1) is 0 Å². The van der Waals surface area contributed by atoms with Crippen LogP contribution in [0.15, 0.2) is 24.5 Å².